The normalized spacial score (nSPS) is 14.5. The van der Waals surface area contributed by atoms with Crippen LogP contribution in [0.5, 0.6) is 0 Å². The Kier molecular flexibility index (Phi) is 5.53. The molecule has 9 heteroatoms. The van der Waals surface area contributed by atoms with E-state index in [2.05, 4.69) is 25.2 Å². The second kappa shape index (κ2) is 8.42. The van der Waals surface area contributed by atoms with E-state index >= 15 is 0 Å². The summed E-state index contributed by atoms with van der Waals surface area (Å²) in [5.41, 5.74) is 13.1. The number of piperidine rings is 1. The molecule has 5 N–H and O–H groups in total. The van der Waals surface area contributed by atoms with Crippen LogP contribution in [0.2, 0.25) is 0 Å². The van der Waals surface area contributed by atoms with Gasteiger partial charge < -0.3 is 21.7 Å². The lowest BCUT2D eigenvalue weighted by molar-refractivity contribution is 0.102. The lowest BCUT2D eigenvalue weighted by Gasteiger charge is -2.31. The Hall–Kier alpha value is -3.59. The maximum atomic E-state index is 13.1. The van der Waals surface area contributed by atoms with Crippen LogP contribution in [0, 0.1) is 5.82 Å². The summed E-state index contributed by atoms with van der Waals surface area (Å²) in [5.74, 6) is 0.592. The molecule has 1 saturated heterocycles. The SMILES string of the molecule is Nc1cnc(-c2ccc(F)cc2)nc1NC(=O)c1ccc(N2CCC(N)CC2)nc1. The largest absolute Gasteiger partial charge is 0.394 e. The summed E-state index contributed by atoms with van der Waals surface area (Å²) in [6, 6.07) is 9.52. The van der Waals surface area contributed by atoms with Gasteiger partial charge in [-0.05, 0) is 49.2 Å². The maximum absolute atomic E-state index is 13.1. The second-order valence-electron chi connectivity index (χ2n) is 7.19. The molecule has 1 amide bonds. The van der Waals surface area contributed by atoms with Crippen molar-refractivity contribution < 1.29 is 9.18 Å². The van der Waals surface area contributed by atoms with Gasteiger partial charge in [0.1, 0.15) is 11.6 Å². The molecular formula is C21H22FN7O. The van der Waals surface area contributed by atoms with E-state index < -0.39 is 0 Å². The van der Waals surface area contributed by atoms with E-state index in [1.54, 1.807) is 18.2 Å². The molecule has 1 aromatic carbocycles. The highest BCUT2D eigenvalue weighted by molar-refractivity contribution is 6.05. The number of amides is 1. The molecule has 0 atom stereocenters. The minimum Gasteiger partial charge on any atom is -0.394 e. The van der Waals surface area contributed by atoms with Crippen molar-refractivity contribution in [3.63, 3.8) is 0 Å². The molecular weight excluding hydrogens is 385 g/mol. The minimum absolute atomic E-state index is 0.184. The Labute approximate surface area is 173 Å². The van der Waals surface area contributed by atoms with Crippen LogP contribution in [0.3, 0.4) is 0 Å². The van der Waals surface area contributed by atoms with Gasteiger partial charge in [0.05, 0.1) is 17.4 Å². The van der Waals surface area contributed by atoms with Crippen LogP contribution in [0.4, 0.5) is 21.7 Å². The van der Waals surface area contributed by atoms with E-state index in [0.29, 0.717) is 17.0 Å². The molecule has 0 radical (unpaired) electrons. The van der Waals surface area contributed by atoms with Crippen LogP contribution < -0.4 is 21.7 Å². The number of rotatable bonds is 4. The van der Waals surface area contributed by atoms with Crippen molar-refractivity contribution in [1.82, 2.24) is 15.0 Å². The summed E-state index contributed by atoms with van der Waals surface area (Å²) in [7, 11) is 0. The number of nitrogens with two attached hydrogens (primary N) is 2. The number of hydrogen-bond donors (Lipinski definition) is 3. The van der Waals surface area contributed by atoms with E-state index in [9.17, 15) is 9.18 Å². The molecule has 0 unspecified atom stereocenters. The summed E-state index contributed by atoms with van der Waals surface area (Å²) in [6.07, 6.45) is 4.78. The molecule has 0 saturated carbocycles. The molecule has 1 fully saturated rings. The lowest BCUT2D eigenvalue weighted by atomic mass is 10.1. The number of nitrogens with zero attached hydrogens (tertiary/aromatic N) is 4. The summed E-state index contributed by atoms with van der Waals surface area (Å²) >= 11 is 0. The fourth-order valence-electron chi connectivity index (χ4n) is 3.25. The third-order valence-electron chi connectivity index (χ3n) is 5.03. The number of nitrogen functional groups attached to an aromatic ring is 1. The first-order valence-electron chi connectivity index (χ1n) is 9.66. The number of anilines is 3. The van der Waals surface area contributed by atoms with Crippen molar-refractivity contribution in [1.29, 1.82) is 0 Å². The third kappa shape index (κ3) is 4.36. The summed E-state index contributed by atoms with van der Waals surface area (Å²) < 4.78 is 13.1. The van der Waals surface area contributed by atoms with Gasteiger partial charge in [0.15, 0.2) is 11.6 Å². The Morgan fingerprint density at radius 2 is 1.80 bits per heavy atom. The van der Waals surface area contributed by atoms with Crippen molar-refractivity contribution in [2.45, 2.75) is 18.9 Å². The predicted octanol–water partition coefficient (Wildman–Crippen LogP) is 2.44. The van der Waals surface area contributed by atoms with Crippen LogP contribution in [-0.4, -0.2) is 40.0 Å². The van der Waals surface area contributed by atoms with Crippen LogP contribution in [0.15, 0.2) is 48.8 Å². The first-order chi connectivity index (χ1) is 14.5. The Morgan fingerprint density at radius 1 is 1.07 bits per heavy atom. The highest BCUT2D eigenvalue weighted by Gasteiger charge is 2.18. The van der Waals surface area contributed by atoms with Crippen molar-refractivity contribution in [2.75, 3.05) is 29.0 Å². The van der Waals surface area contributed by atoms with Crippen LogP contribution in [-0.2, 0) is 0 Å². The first-order valence-corrected chi connectivity index (χ1v) is 9.66. The average Bonchev–Trinajstić information content (AvgIpc) is 2.76. The lowest BCUT2D eigenvalue weighted by Crippen LogP contribution is -2.40. The zero-order valence-electron chi connectivity index (χ0n) is 16.3. The molecule has 1 aliphatic rings. The summed E-state index contributed by atoms with van der Waals surface area (Å²) in [4.78, 5) is 27.7. The molecule has 0 aliphatic carbocycles. The fraction of sp³-hybridized carbons (Fsp3) is 0.238. The second-order valence-corrected chi connectivity index (χ2v) is 7.19. The van der Waals surface area contributed by atoms with E-state index in [1.165, 1.54) is 24.5 Å². The summed E-state index contributed by atoms with van der Waals surface area (Å²) in [5, 5.41) is 2.69. The Bertz CT molecular complexity index is 1030. The molecule has 2 aromatic heterocycles. The van der Waals surface area contributed by atoms with Gasteiger partial charge in [-0.25, -0.2) is 19.3 Å². The highest BCUT2D eigenvalue weighted by atomic mass is 19.1. The Morgan fingerprint density at radius 3 is 2.47 bits per heavy atom. The quantitative estimate of drug-likeness (QED) is 0.607. The monoisotopic (exact) mass is 407 g/mol. The predicted molar refractivity (Wildman–Crippen MR) is 113 cm³/mol. The highest BCUT2D eigenvalue weighted by Crippen LogP contribution is 2.22. The maximum Gasteiger partial charge on any atom is 0.258 e. The Balaban J connectivity index is 1.48. The third-order valence-corrected chi connectivity index (χ3v) is 5.03. The number of carbonyl (C=O) groups excluding carboxylic acids is 1. The zero-order chi connectivity index (χ0) is 21.1. The standard InChI is InChI=1S/C21H22FN7O/c22-15-4-1-13(2-5-15)19-26-12-17(24)20(27-19)28-21(30)14-3-6-18(25-11-14)29-9-7-16(23)8-10-29/h1-6,11-12,16H,7-10,23-24H2,(H,26,27,28,30). The molecule has 3 heterocycles. The van der Waals surface area contributed by atoms with Gasteiger partial charge in [-0.3, -0.25) is 4.79 Å². The number of aromatic nitrogens is 3. The topological polar surface area (TPSA) is 123 Å². The first kappa shape index (κ1) is 19.7. The number of nitrogens with one attached hydrogen (secondary N) is 1. The minimum atomic E-state index is -0.384. The van der Waals surface area contributed by atoms with Gasteiger partial charge in [0.2, 0.25) is 0 Å². The van der Waals surface area contributed by atoms with Gasteiger partial charge in [-0.2, -0.15) is 0 Å². The van der Waals surface area contributed by atoms with Crippen LogP contribution in [0.1, 0.15) is 23.2 Å². The van der Waals surface area contributed by atoms with Crippen molar-refractivity contribution >= 4 is 23.2 Å². The van der Waals surface area contributed by atoms with Gasteiger partial charge in [-0.15, -0.1) is 0 Å². The molecule has 1 aliphatic heterocycles. The molecule has 0 bridgehead atoms. The number of halogens is 1. The van der Waals surface area contributed by atoms with E-state index in [4.69, 9.17) is 11.5 Å². The van der Waals surface area contributed by atoms with E-state index in [1.807, 2.05) is 6.07 Å². The van der Waals surface area contributed by atoms with E-state index in [0.717, 1.165) is 31.7 Å². The van der Waals surface area contributed by atoms with Gasteiger partial charge in [0.25, 0.3) is 5.91 Å². The molecule has 154 valence electrons. The van der Waals surface area contributed by atoms with Crippen molar-refractivity contribution in [3.05, 3.63) is 60.2 Å². The van der Waals surface area contributed by atoms with Gasteiger partial charge in [0, 0.05) is 30.9 Å². The molecule has 8 nitrogen and oxygen atoms in total. The van der Waals surface area contributed by atoms with Gasteiger partial charge in [-0.1, -0.05) is 0 Å². The molecule has 4 rings (SSSR count). The zero-order valence-corrected chi connectivity index (χ0v) is 16.3. The van der Waals surface area contributed by atoms with Crippen molar-refractivity contribution in [2.24, 2.45) is 5.73 Å². The van der Waals surface area contributed by atoms with Crippen LogP contribution in [0.25, 0.3) is 11.4 Å². The smallest absolute Gasteiger partial charge is 0.258 e. The molecule has 3 aromatic rings. The number of hydrogen-bond acceptors (Lipinski definition) is 7. The average molecular weight is 407 g/mol. The molecule has 0 spiro atoms. The van der Waals surface area contributed by atoms with Gasteiger partial charge >= 0.3 is 0 Å². The summed E-state index contributed by atoms with van der Waals surface area (Å²) in [6.45, 7) is 1.70. The van der Waals surface area contributed by atoms with Crippen LogP contribution >= 0.6 is 0 Å². The van der Waals surface area contributed by atoms with E-state index in [-0.39, 0.29) is 29.3 Å². The fourth-order valence-corrected chi connectivity index (χ4v) is 3.25. The number of benzene rings is 1. The van der Waals surface area contributed by atoms with Crippen molar-refractivity contribution in [3.8, 4) is 11.4 Å². The number of pyridine rings is 1. The number of carbonyl (C=O) groups is 1. The molecule has 30 heavy (non-hydrogen) atoms.